The van der Waals surface area contributed by atoms with Crippen molar-refractivity contribution >= 4 is 29.5 Å². The summed E-state index contributed by atoms with van der Waals surface area (Å²) >= 11 is 0. The van der Waals surface area contributed by atoms with Gasteiger partial charge in [-0.05, 0) is 53.1 Å². The topological polar surface area (TPSA) is 0 Å². The van der Waals surface area contributed by atoms with E-state index >= 15 is 0 Å². The van der Waals surface area contributed by atoms with Gasteiger partial charge in [0.05, 0.1) is 0 Å². The standard InChI is InChI=1S/C16H16.C7H8.3C2H6/c1-5-13-9-10-14(6-2)16-12(4)8-7-11(3)15(13)16;1-7-5-3-2-4-6-7;3*1-2/h5-10H,1,3H2,2,4H3;2-6H,1H3;3*1-2H3/b14-6-;;;;. The molecule has 0 N–H and O–H groups in total. The quantitative estimate of drug-likeness (QED) is 0.394. The first-order chi connectivity index (χ1) is 14.1. The molecule has 0 radical (unpaired) electrons. The van der Waals surface area contributed by atoms with E-state index in [1.54, 1.807) is 0 Å². The van der Waals surface area contributed by atoms with E-state index in [4.69, 9.17) is 0 Å². The van der Waals surface area contributed by atoms with Crippen molar-refractivity contribution in [3.05, 3.63) is 88.3 Å². The molecule has 3 rings (SSSR count). The van der Waals surface area contributed by atoms with Gasteiger partial charge >= 0.3 is 0 Å². The molecule has 0 atom stereocenters. The lowest BCUT2D eigenvalue weighted by Crippen LogP contribution is -2.10. The highest BCUT2D eigenvalue weighted by molar-refractivity contribution is 5.93. The Morgan fingerprint density at radius 2 is 1.24 bits per heavy atom. The average molecular weight is 391 g/mol. The highest BCUT2D eigenvalue weighted by Gasteiger charge is 2.03. The molecule has 0 heterocycles. The van der Waals surface area contributed by atoms with E-state index in [9.17, 15) is 0 Å². The van der Waals surface area contributed by atoms with Crippen LogP contribution in [-0.2, 0) is 0 Å². The summed E-state index contributed by atoms with van der Waals surface area (Å²) in [5.74, 6) is 0. The molecule has 0 saturated heterocycles. The molecule has 0 saturated carbocycles. The predicted molar refractivity (Wildman–Crippen MR) is 139 cm³/mol. The molecule has 0 aliphatic rings. The zero-order valence-corrected chi connectivity index (χ0v) is 20.3. The van der Waals surface area contributed by atoms with Gasteiger partial charge in [0.25, 0.3) is 0 Å². The van der Waals surface area contributed by atoms with Crippen LogP contribution in [0.2, 0.25) is 0 Å². The lowest BCUT2D eigenvalue weighted by molar-refractivity contribution is 1.48. The molecule has 0 amide bonds. The number of rotatable bonds is 1. The summed E-state index contributed by atoms with van der Waals surface area (Å²) in [5, 5.41) is 4.86. The summed E-state index contributed by atoms with van der Waals surface area (Å²) in [4.78, 5) is 0. The van der Waals surface area contributed by atoms with Crippen LogP contribution >= 0.6 is 0 Å². The molecule has 3 aromatic carbocycles. The van der Waals surface area contributed by atoms with Crippen molar-refractivity contribution in [2.75, 3.05) is 0 Å². The number of fused-ring (bicyclic) bond motifs is 1. The van der Waals surface area contributed by atoms with Crippen LogP contribution in [0.15, 0.2) is 61.2 Å². The Labute approximate surface area is 180 Å². The zero-order chi connectivity index (χ0) is 22.8. The molecule has 0 nitrogen and oxygen atoms in total. The Hall–Kier alpha value is -2.60. The fourth-order valence-corrected chi connectivity index (χ4v) is 2.74. The van der Waals surface area contributed by atoms with Crippen molar-refractivity contribution < 1.29 is 0 Å². The summed E-state index contributed by atoms with van der Waals surface area (Å²) in [6.45, 7) is 26.3. The molecule has 158 valence electrons. The molecular formula is C29H42. The average Bonchev–Trinajstić information content (AvgIpc) is 2.80. The normalized spacial score (nSPS) is 9.34. The van der Waals surface area contributed by atoms with E-state index in [1.807, 2.05) is 65.8 Å². The summed E-state index contributed by atoms with van der Waals surface area (Å²) in [6, 6.07) is 18.7. The Bertz CT molecular complexity index is 916. The summed E-state index contributed by atoms with van der Waals surface area (Å²) in [7, 11) is 0. The SMILES string of the molecule is C=Cc1cc/c(=C/C)c2c(C)ccc(=C)c12.CC.CC.CC.Cc1ccccc1. The number of hydrogen-bond donors (Lipinski definition) is 0. The number of hydrogen-bond acceptors (Lipinski definition) is 0. The van der Waals surface area contributed by atoms with Gasteiger partial charge in [-0.2, -0.15) is 0 Å². The molecule has 29 heavy (non-hydrogen) atoms. The highest BCUT2D eigenvalue weighted by Crippen LogP contribution is 2.16. The second kappa shape index (κ2) is 17.5. The molecule has 0 aliphatic carbocycles. The van der Waals surface area contributed by atoms with Crippen molar-refractivity contribution in [3.63, 3.8) is 0 Å². The van der Waals surface area contributed by atoms with E-state index in [0.717, 1.165) is 10.8 Å². The van der Waals surface area contributed by atoms with E-state index in [-0.39, 0.29) is 0 Å². The Balaban J connectivity index is 0. The van der Waals surface area contributed by atoms with E-state index < -0.39 is 0 Å². The van der Waals surface area contributed by atoms with Crippen LogP contribution < -0.4 is 10.4 Å². The molecule has 0 spiro atoms. The second-order valence-electron chi connectivity index (χ2n) is 5.68. The molecule has 0 heteroatoms. The van der Waals surface area contributed by atoms with Crippen LogP contribution in [0.25, 0.3) is 29.5 Å². The van der Waals surface area contributed by atoms with E-state index in [2.05, 4.69) is 76.4 Å². The lowest BCUT2D eigenvalue weighted by atomic mass is 9.97. The van der Waals surface area contributed by atoms with Crippen LogP contribution in [0.3, 0.4) is 0 Å². The van der Waals surface area contributed by atoms with E-state index in [1.165, 1.54) is 27.1 Å². The summed E-state index contributed by atoms with van der Waals surface area (Å²) in [5.41, 5.74) is 3.77. The van der Waals surface area contributed by atoms with Gasteiger partial charge in [-0.3, -0.25) is 0 Å². The van der Waals surface area contributed by atoms with Gasteiger partial charge < -0.3 is 0 Å². The summed E-state index contributed by atoms with van der Waals surface area (Å²) in [6.07, 6.45) is 4.04. The minimum Gasteiger partial charge on any atom is -0.0984 e. The number of aryl methyl sites for hydroxylation is 2. The van der Waals surface area contributed by atoms with Crippen LogP contribution in [0.4, 0.5) is 0 Å². The third-order valence-corrected chi connectivity index (χ3v) is 3.99. The molecular weight excluding hydrogens is 348 g/mol. The molecule has 0 unspecified atom stereocenters. The predicted octanol–water partition coefficient (Wildman–Crippen LogP) is 8.08. The maximum absolute atomic E-state index is 4.11. The molecule has 0 fully saturated rings. The maximum atomic E-state index is 4.11. The smallest absolute Gasteiger partial charge is 0.00364 e. The third kappa shape index (κ3) is 8.96. The van der Waals surface area contributed by atoms with Crippen molar-refractivity contribution in [2.24, 2.45) is 0 Å². The second-order valence-corrected chi connectivity index (χ2v) is 5.68. The first-order valence-electron chi connectivity index (χ1n) is 10.9. The fourth-order valence-electron chi connectivity index (χ4n) is 2.74. The van der Waals surface area contributed by atoms with Crippen LogP contribution in [0.1, 0.15) is 65.2 Å². The summed E-state index contributed by atoms with van der Waals surface area (Å²) < 4.78 is 0. The minimum absolute atomic E-state index is 1.07. The third-order valence-electron chi connectivity index (χ3n) is 3.99. The Kier molecular flexibility index (Phi) is 17.3. The minimum atomic E-state index is 1.07. The van der Waals surface area contributed by atoms with Gasteiger partial charge in [0.1, 0.15) is 0 Å². The molecule has 0 bridgehead atoms. The van der Waals surface area contributed by atoms with Crippen LogP contribution in [0, 0.1) is 13.8 Å². The Morgan fingerprint density at radius 3 is 1.66 bits per heavy atom. The van der Waals surface area contributed by atoms with Crippen molar-refractivity contribution in [1.29, 1.82) is 0 Å². The first kappa shape index (κ1) is 28.6. The first-order valence-corrected chi connectivity index (χ1v) is 10.9. The van der Waals surface area contributed by atoms with Crippen molar-refractivity contribution in [3.8, 4) is 0 Å². The van der Waals surface area contributed by atoms with Gasteiger partial charge in [-0.15, -0.1) is 0 Å². The monoisotopic (exact) mass is 390 g/mol. The fraction of sp³-hybridized carbons (Fsp3) is 0.310. The highest BCUT2D eigenvalue weighted by atomic mass is 14.1. The van der Waals surface area contributed by atoms with Gasteiger partial charge in [0, 0.05) is 0 Å². The van der Waals surface area contributed by atoms with Crippen LogP contribution in [0.5, 0.6) is 0 Å². The zero-order valence-electron chi connectivity index (χ0n) is 20.3. The lowest BCUT2D eigenvalue weighted by Gasteiger charge is -2.07. The van der Waals surface area contributed by atoms with E-state index in [0.29, 0.717) is 0 Å². The maximum Gasteiger partial charge on any atom is -0.00364 e. The van der Waals surface area contributed by atoms with Gasteiger partial charge in [-0.1, -0.05) is 127 Å². The Morgan fingerprint density at radius 1 is 0.690 bits per heavy atom. The van der Waals surface area contributed by atoms with Gasteiger partial charge in [-0.25, -0.2) is 0 Å². The number of benzene rings is 3. The van der Waals surface area contributed by atoms with Gasteiger partial charge in [0.15, 0.2) is 0 Å². The van der Waals surface area contributed by atoms with Crippen molar-refractivity contribution in [1.82, 2.24) is 0 Å². The van der Waals surface area contributed by atoms with Crippen molar-refractivity contribution in [2.45, 2.75) is 62.3 Å². The molecule has 0 aromatic heterocycles. The van der Waals surface area contributed by atoms with Crippen LogP contribution in [-0.4, -0.2) is 0 Å². The molecule has 3 aromatic rings. The molecule has 0 aliphatic heterocycles. The largest absolute Gasteiger partial charge is 0.0984 e. The van der Waals surface area contributed by atoms with Gasteiger partial charge in [0.2, 0.25) is 0 Å².